The molecule has 0 aromatic rings. The zero-order valence-electron chi connectivity index (χ0n) is 5.94. The van der Waals surface area contributed by atoms with E-state index < -0.39 is 5.92 Å². The molecule has 0 aromatic carbocycles. The first kappa shape index (κ1) is 8.64. The number of thiocarbonyl (C=S) groups is 1. The fourth-order valence-electron chi connectivity index (χ4n) is 1.17. The van der Waals surface area contributed by atoms with Crippen molar-refractivity contribution in [2.45, 2.75) is 18.8 Å². The summed E-state index contributed by atoms with van der Waals surface area (Å²) in [5.74, 6) is -2.41. The van der Waals surface area contributed by atoms with Crippen LogP contribution < -0.4 is 11.1 Å². The highest BCUT2D eigenvalue weighted by molar-refractivity contribution is 7.80. The van der Waals surface area contributed by atoms with Gasteiger partial charge in [0.1, 0.15) is 0 Å². The lowest BCUT2D eigenvalue weighted by Gasteiger charge is -2.34. The third-order valence-corrected chi connectivity index (χ3v) is 1.88. The van der Waals surface area contributed by atoms with Gasteiger partial charge in [0, 0.05) is 19.4 Å². The summed E-state index contributed by atoms with van der Waals surface area (Å²) in [6, 6.07) is 0. The Morgan fingerprint density at radius 2 is 2.18 bits per heavy atom. The monoisotopic (exact) mass is 180 g/mol. The Kier molecular flexibility index (Phi) is 2.27. The first-order chi connectivity index (χ1) is 4.99. The summed E-state index contributed by atoms with van der Waals surface area (Å²) in [5.41, 5.74) is 5.12. The minimum Gasteiger partial charge on any atom is -0.376 e. The van der Waals surface area contributed by atoms with Crippen LogP contribution in [0.25, 0.3) is 0 Å². The number of halogens is 2. The lowest BCUT2D eigenvalue weighted by Crippen LogP contribution is -2.43. The first-order valence-electron chi connectivity index (χ1n) is 3.41. The molecule has 0 heterocycles. The number of hydrogen-bond donors (Lipinski definition) is 2. The van der Waals surface area contributed by atoms with Gasteiger partial charge < -0.3 is 11.1 Å². The van der Waals surface area contributed by atoms with E-state index in [0.717, 1.165) is 0 Å². The SMILES string of the molecule is NC(=S)NCC1CC(F)(F)C1. The summed E-state index contributed by atoms with van der Waals surface area (Å²) in [6.07, 6.45) is -0.0781. The van der Waals surface area contributed by atoms with Crippen molar-refractivity contribution in [2.75, 3.05) is 6.54 Å². The zero-order chi connectivity index (χ0) is 8.48. The smallest absolute Gasteiger partial charge is 0.248 e. The van der Waals surface area contributed by atoms with Gasteiger partial charge in [0.15, 0.2) is 5.11 Å². The van der Waals surface area contributed by atoms with Gasteiger partial charge in [-0.2, -0.15) is 0 Å². The van der Waals surface area contributed by atoms with Crippen LogP contribution in [0.2, 0.25) is 0 Å². The van der Waals surface area contributed by atoms with Crippen molar-refractivity contribution in [1.29, 1.82) is 0 Å². The fraction of sp³-hybridized carbons (Fsp3) is 0.833. The zero-order valence-corrected chi connectivity index (χ0v) is 6.76. The van der Waals surface area contributed by atoms with Crippen LogP contribution in [0, 0.1) is 5.92 Å². The largest absolute Gasteiger partial charge is 0.376 e. The third kappa shape index (κ3) is 2.57. The van der Waals surface area contributed by atoms with E-state index in [9.17, 15) is 8.78 Å². The Labute approximate surface area is 69.1 Å². The molecule has 64 valence electrons. The van der Waals surface area contributed by atoms with E-state index in [1.54, 1.807) is 0 Å². The molecule has 0 amide bonds. The Morgan fingerprint density at radius 1 is 1.64 bits per heavy atom. The van der Waals surface area contributed by atoms with E-state index in [2.05, 4.69) is 17.5 Å². The Morgan fingerprint density at radius 3 is 2.55 bits per heavy atom. The van der Waals surface area contributed by atoms with Gasteiger partial charge in [0.2, 0.25) is 5.92 Å². The number of nitrogens with two attached hydrogens (primary N) is 1. The molecule has 0 bridgehead atoms. The van der Waals surface area contributed by atoms with Gasteiger partial charge in [-0.3, -0.25) is 0 Å². The van der Waals surface area contributed by atoms with Crippen molar-refractivity contribution < 1.29 is 8.78 Å². The Bertz CT molecular complexity index is 164. The van der Waals surface area contributed by atoms with Crippen molar-refractivity contribution in [3.8, 4) is 0 Å². The molecule has 5 heteroatoms. The number of hydrogen-bond acceptors (Lipinski definition) is 1. The lowest BCUT2D eigenvalue weighted by atomic mass is 9.81. The molecule has 0 atom stereocenters. The van der Waals surface area contributed by atoms with Crippen LogP contribution in [0.15, 0.2) is 0 Å². The molecule has 2 nitrogen and oxygen atoms in total. The molecular formula is C6H10F2N2S. The normalized spacial score (nSPS) is 22.4. The number of rotatable bonds is 2. The van der Waals surface area contributed by atoms with Gasteiger partial charge in [-0.25, -0.2) is 8.78 Å². The van der Waals surface area contributed by atoms with Crippen LogP contribution in [-0.4, -0.2) is 17.6 Å². The average molecular weight is 180 g/mol. The predicted molar refractivity (Wildman–Crippen MR) is 42.5 cm³/mol. The maximum atomic E-state index is 12.2. The van der Waals surface area contributed by atoms with E-state index in [0.29, 0.717) is 6.54 Å². The van der Waals surface area contributed by atoms with Crippen LogP contribution >= 0.6 is 12.2 Å². The molecule has 11 heavy (non-hydrogen) atoms. The summed E-state index contributed by atoms with van der Waals surface area (Å²) >= 11 is 4.52. The summed E-state index contributed by atoms with van der Waals surface area (Å²) in [4.78, 5) is 0. The topological polar surface area (TPSA) is 38.0 Å². The second kappa shape index (κ2) is 2.89. The molecule has 0 radical (unpaired) electrons. The van der Waals surface area contributed by atoms with E-state index in [-0.39, 0.29) is 23.9 Å². The molecule has 0 aliphatic heterocycles. The van der Waals surface area contributed by atoms with Gasteiger partial charge in [-0.15, -0.1) is 0 Å². The molecular weight excluding hydrogens is 170 g/mol. The summed E-state index contributed by atoms with van der Waals surface area (Å²) in [7, 11) is 0. The molecule has 0 saturated heterocycles. The summed E-state index contributed by atoms with van der Waals surface area (Å²) in [6.45, 7) is 0.477. The number of nitrogens with one attached hydrogen (secondary N) is 1. The van der Waals surface area contributed by atoms with Crippen molar-refractivity contribution in [1.82, 2.24) is 5.32 Å². The molecule has 0 aromatic heterocycles. The van der Waals surface area contributed by atoms with E-state index in [4.69, 9.17) is 5.73 Å². The molecule has 1 fully saturated rings. The standard InChI is InChI=1S/C6H10F2N2S/c7-6(8)1-4(2-6)3-10-5(9)11/h4H,1-3H2,(H3,9,10,11). The van der Waals surface area contributed by atoms with E-state index in [1.807, 2.05) is 0 Å². The Hall–Kier alpha value is -0.450. The Balaban J connectivity index is 2.09. The predicted octanol–water partition coefficient (Wildman–Crippen LogP) is 0.865. The van der Waals surface area contributed by atoms with Crippen LogP contribution in [0.1, 0.15) is 12.8 Å². The lowest BCUT2D eigenvalue weighted by molar-refractivity contribution is -0.108. The first-order valence-corrected chi connectivity index (χ1v) is 3.81. The second-order valence-electron chi connectivity index (χ2n) is 2.88. The maximum Gasteiger partial charge on any atom is 0.248 e. The summed E-state index contributed by atoms with van der Waals surface area (Å²) < 4.78 is 24.4. The van der Waals surface area contributed by atoms with Crippen LogP contribution in [0.3, 0.4) is 0 Å². The number of alkyl halides is 2. The second-order valence-corrected chi connectivity index (χ2v) is 3.32. The van der Waals surface area contributed by atoms with Crippen LogP contribution in [-0.2, 0) is 0 Å². The fourth-order valence-corrected chi connectivity index (χ4v) is 1.26. The van der Waals surface area contributed by atoms with Gasteiger partial charge >= 0.3 is 0 Å². The molecule has 0 spiro atoms. The highest BCUT2D eigenvalue weighted by Gasteiger charge is 2.44. The molecule has 1 aliphatic carbocycles. The molecule has 0 unspecified atom stereocenters. The van der Waals surface area contributed by atoms with Crippen molar-refractivity contribution in [3.05, 3.63) is 0 Å². The van der Waals surface area contributed by atoms with Gasteiger partial charge in [0.05, 0.1) is 0 Å². The van der Waals surface area contributed by atoms with Crippen molar-refractivity contribution in [3.63, 3.8) is 0 Å². The van der Waals surface area contributed by atoms with Crippen molar-refractivity contribution >= 4 is 17.3 Å². The van der Waals surface area contributed by atoms with Gasteiger partial charge in [-0.1, -0.05) is 0 Å². The van der Waals surface area contributed by atoms with Crippen LogP contribution in [0.5, 0.6) is 0 Å². The average Bonchev–Trinajstić information content (AvgIpc) is 1.78. The third-order valence-electron chi connectivity index (χ3n) is 1.74. The van der Waals surface area contributed by atoms with Gasteiger partial charge in [-0.05, 0) is 18.1 Å². The summed E-state index contributed by atoms with van der Waals surface area (Å²) in [5, 5.41) is 2.84. The minimum absolute atomic E-state index is 0.0338. The molecule has 1 rings (SSSR count). The quantitative estimate of drug-likeness (QED) is 0.619. The van der Waals surface area contributed by atoms with Crippen molar-refractivity contribution in [2.24, 2.45) is 11.7 Å². The maximum absolute atomic E-state index is 12.2. The minimum atomic E-state index is -2.44. The highest BCUT2D eigenvalue weighted by Crippen LogP contribution is 2.41. The van der Waals surface area contributed by atoms with E-state index >= 15 is 0 Å². The van der Waals surface area contributed by atoms with Crippen LogP contribution in [0.4, 0.5) is 8.78 Å². The molecule has 3 N–H and O–H groups in total. The highest BCUT2D eigenvalue weighted by atomic mass is 32.1. The molecule has 1 aliphatic rings. The molecule has 1 saturated carbocycles. The van der Waals surface area contributed by atoms with E-state index in [1.165, 1.54) is 0 Å². The van der Waals surface area contributed by atoms with Gasteiger partial charge in [0.25, 0.3) is 0 Å².